The third kappa shape index (κ3) is 4.39. The molecular weight excluding hydrogens is 376 g/mol. The number of nitrogens with zero attached hydrogens (tertiary/aromatic N) is 5. The van der Waals surface area contributed by atoms with Crippen molar-refractivity contribution >= 4 is 22.4 Å². The van der Waals surface area contributed by atoms with Crippen LogP contribution in [-0.2, 0) is 4.74 Å². The van der Waals surface area contributed by atoms with Crippen LogP contribution in [0.4, 0.5) is 11.5 Å². The Kier molecular flexibility index (Phi) is 5.73. The molecule has 3 heterocycles. The van der Waals surface area contributed by atoms with E-state index in [-0.39, 0.29) is 17.4 Å². The zero-order valence-corrected chi connectivity index (χ0v) is 15.7. The van der Waals surface area contributed by atoms with E-state index < -0.39 is 4.92 Å². The van der Waals surface area contributed by atoms with Crippen LogP contribution in [0.25, 0.3) is 10.9 Å². The number of benzene rings is 1. The van der Waals surface area contributed by atoms with Crippen molar-refractivity contribution in [2.75, 3.05) is 44.7 Å². The summed E-state index contributed by atoms with van der Waals surface area (Å²) in [5, 5.41) is 15.6. The molecule has 0 radical (unpaired) electrons. The second kappa shape index (κ2) is 8.76. The second-order valence-electron chi connectivity index (χ2n) is 6.45. The summed E-state index contributed by atoms with van der Waals surface area (Å²) in [6.07, 6.45) is 2.89. The van der Waals surface area contributed by atoms with Gasteiger partial charge < -0.3 is 14.8 Å². The van der Waals surface area contributed by atoms with Gasteiger partial charge in [-0.1, -0.05) is 18.2 Å². The van der Waals surface area contributed by atoms with E-state index in [1.165, 1.54) is 6.33 Å². The molecule has 0 atom stereocenters. The Balaban J connectivity index is 1.55. The van der Waals surface area contributed by atoms with Gasteiger partial charge in [0, 0.05) is 37.8 Å². The molecule has 0 bridgehead atoms. The molecular formula is C19H20N6O4. The lowest BCUT2D eigenvalue weighted by atomic mass is 10.2. The highest BCUT2D eigenvalue weighted by molar-refractivity contribution is 5.84. The molecule has 1 aromatic carbocycles. The number of morpholine rings is 1. The van der Waals surface area contributed by atoms with Crippen LogP contribution < -0.4 is 10.1 Å². The quantitative estimate of drug-likeness (QED) is 0.475. The van der Waals surface area contributed by atoms with Crippen LogP contribution in [0.5, 0.6) is 11.6 Å². The Morgan fingerprint density at radius 2 is 2.00 bits per heavy atom. The Labute approximate surface area is 166 Å². The molecule has 1 saturated heterocycles. The first-order valence-corrected chi connectivity index (χ1v) is 9.27. The number of nitro groups is 1. The van der Waals surface area contributed by atoms with E-state index in [1.807, 2.05) is 18.2 Å². The fraction of sp³-hybridized carbons (Fsp3) is 0.316. The monoisotopic (exact) mass is 396 g/mol. The van der Waals surface area contributed by atoms with Crippen molar-refractivity contribution in [2.24, 2.45) is 0 Å². The predicted molar refractivity (Wildman–Crippen MR) is 106 cm³/mol. The smallest absolute Gasteiger partial charge is 0.373 e. The number of aromatic nitrogens is 3. The fourth-order valence-electron chi connectivity index (χ4n) is 3.15. The number of ether oxygens (including phenoxy) is 2. The summed E-state index contributed by atoms with van der Waals surface area (Å²) >= 11 is 0. The molecule has 10 heteroatoms. The highest BCUT2D eigenvalue weighted by atomic mass is 16.6. The Morgan fingerprint density at radius 1 is 1.17 bits per heavy atom. The molecule has 0 saturated carbocycles. The van der Waals surface area contributed by atoms with Crippen molar-refractivity contribution in [2.45, 2.75) is 0 Å². The zero-order valence-electron chi connectivity index (χ0n) is 15.7. The molecule has 3 aromatic rings. The van der Waals surface area contributed by atoms with Gasteiger partial charge in [0.05, 0.1) is 18.1 Å². The molecule has 1 aliphatic rings. The van der Waals surface area contributed by atoms with Gasteiger partial charge in [-0.15, -0.1) is 0 Å². The molecule has 1 N–H and O–H groups in total. The van der Waals surface area contributed by atoms with E-state index in [0.717, 1.165) is 25.0 Å². The number of fused-ring (bicyclic) bond motifs is 1. The molecule has 0 aliphatic carbocycles. The minimum Gasteiger partial charge on any atom is -0.431 e. The Bertz CT molecular complexity index is 1000. The number of anilines is 1. The molecule has 0 unspecified atom stereocenters. The summed E-state index contributed by atoms with van der Waals surface area (Å²) in [5.41, 5.74) is 0.298. The van der Waals surface area contributed by atoms with Crippen molar-refractivity contribution in [3.8, 4) is 11.6 Å². The number of nitrogens with one attached hydrogen (secondary N) is 1. The third-order valence-corrected chi connectivity index (χ3v) is 4.60. The van der Waals surface area contributed by atoms with Gasteiger partial charge in [-0.05, 0) is 12.1 Å². The standard InChI is InChI=1S/C19H20N6O4/c26-25(27)17-18(21-7-8-24-9-11-28-12-10-24)22-13-23-19(17)29-15-5-1-3-14-4-2-6-20-16(14)15/h1-6,13H,7-12H2,(H,21,22,23). The molecule has 1 fully saturated rings. The number of para-hydroxylation sites is 1. The maximum Gasteiger partial charge on any atom is 0.373 e. The van der Waals surface area contributed by atoms with Gasteiger partial charge in [-0.25, -0.2) is 4.98 Å². The zero-order chi connectivity index (χ0) is 20.1. The molecule has 0 spiro atoms. The van der Waals surface area contributed by atoms with Crippen molar-refractivity contribution in [3.63, 3.8) is 0 Å². The fourth-order valence-corrected chi connectivity index (χ4v) is 3.15. The first kappa shape index (κ1) is 19.0. The maximum atomic E-state index is 11.7. The second-order valence-corrected chi connectivity index (χ2v) is 6.45. The van der Waals surface area contributed by atoms with Gasteiger partial charge in [-0.3, -0.25) is 20.0 Å². The normalized spacial score (nSPS) is 14.6. The largest absolute Gasteiger partial charge is 0.431 e. The van der Waals surface area contributed by atoms with Crippen molar-refractivity contribution in [1.82, 2.24) is 19.9 Å². The lowest BCUT2D eigenvalue weighted by molar-refractivity contribution is -0.385. The summed E-state index contributed by atoms with van der Waals surface area (Å²) in [6, 6.07) is 9.10. The van der Waals surface area contributed by atoms with Gasteiger partial charge in [0.25, 0.3) is 0 Å². The average molecular weight is 396 g/mol. The number of hydrogen-bond acceptors (Lipinski definition) is 9. The molecule has 4 rings (SSSR count). The van der Waals surface area contributed by atoms with Crippen LogP contribution >= 0.6 is 0 Å². The summed E-state index contributed by atoms with van der Waals surface area (Å²) in [7, 11) is 0. The van der Waals surface area contributed by atoms with Gasteiger partial charge >= 0.3 is 11.6 Å². The van der Waals surface area contributed by atoms with Crippen LogP contribution in [0.15, 0.2) is 42.9 Å². The topological polar surface area (TPSA) is 116 Å². The van der Waals surface area contributed by atoms with Crippen LogP contribution in [0.1, 0.15) is 0 Å². The third-order valence-electron chi connectivity index (χ3n) is 4.60. The molecule has 1 aliphatic heterocycles. The lowest BCUT2D eigenvalue weighted by Gasteiger charge is -2.26. The van der Waals surface area contributed by atoms with Crippen LogP contribution in [0.3, 0.4) is 0 Å². The van der Waals surface area contributed by atoms with E-state index in [0.29, 0.717) is 31.0 Å². The predicted octanol–water partition coefficient (Wildman–Crippen LogP) is 2.47. The van der Waals surface area contributed by atoms with Crippen LogP contribution in [-0.4, -0.2) is 64.2 Å². The molecule has 150 valence electrons. The minimum atomic E-state index is -0.537. The lowest BCUT2D eigenvalue weighted by Crippen LogP contribution is -2.39. The van der Waals surface area contributed by atoms with Crippen LogP contribution in [0, 0.1) is 10.1 Å². The minimum absolute atomic E-state index is 0.126. The summed E-state index contributed by atoms with van der Waals surface area (Å²) in [4.78, 5) is 25.8. The number of pyridine rings is 1. The van der Waals surface area contributed by atoms with Crippen molar-refractivity contribution in [3.05, 3.63) is 53.0 Å². The van der Waals surface area contributed by atoms with E-state index in [4.69, 9.17) is 9.47 Å². The molecule has 2 aromatic heterocycles. The molecule has 10 nitrogen and oxygen atoms in total. The summed E-state index contributed by atoms with van der Waals surface area (Å²) in [5.74, 6) is 0.391. The average Bonchev–Trinajstić information content (AvgIpc) is 2.75. The SMILES string of the molecule is O=[N+]([O-])c1c(NCCN2CCOCC2)ncnc1Oc1cccc2cccnc12. The number of rotatable bonds is 7. The molecule has 0 amide bonds. The maximum absolute atomic E-state index is 11.7. The van der Waals surface area contributed by atoms with E-state index >= 15 is 0 Å². The molecule has 29 heavy (non-hydrogen) atoms. The van der Waals surface area contributed by atoms with Crippen molar-refractivity contribution < 1.29 is 14.4 Å². The first-order chi connectivity index (χ1) is 14.2. The van der Waals surface area contributed by atoms with Crippen LogP contribution in [0.2, 0.25) is 0 Å². The summed E-state index contributed by atoms with van der Waals surface area (Å²) in [6.45, 7) is 4.32. The van der Waals surface area contributed by atoms with Gasteiger partial charge in [0.15, 0.2) is 5.75 Å². The first-order valence-electron chi connectivity index (χ1n) is 9.27. The van der Waals surface area contributed by atoms with Gasteiger partial charge in [0.2, 0.25) is 5.82 Å². The van der Waals surface area contributed by atoms with Gasteiger partial charge in [0.1, 0.15) is 11.8 Å². The summed E-state index contributed by atoms with van der Waals surface area (Å²) < 4.78 is 11.1. The number of hydrogen-bond donors (Lipinski definition) is 1. The van der Waals surface area contributed by atoms with E-state index in [9.17, 15) is 10.1 Å². The highest BCUT2D eigenvalue weighted by Crippen LogP contribution is 2.35. The van der Waals surface area contributed by atoms with Gasteiger partial charge in [-0.2, -0.15) is 4.98 Å². The Morgan fingerprint density at radius 3 is 2.83 bits per heavy atom. The van der Waals surface area contributed by atoms with E-state index in [2.05, 4.69) is 25.2 Å². The Hall–Kier alpha value is -3.37. The van der Waals surface area contributed by atoms with E-state index in [1.54, 1.807) is 18.3 Å². The highest BCUT2D eigenvalue weighted by Gasteiger charge is 2.25. The van der Waals surface area contributed by atoms with Crippen molar-refractivity contribution in [1.29, 1.82) is 0 Å².